The van der Waals surface area contributed by atoms with Gasteiger partial charge in [-0.2, -0.15) is 0 Å². The van der Waals surface area contributed by atoms with Crippen LogP contribution in [0.15, 0.2) is 18.2 Å². The van der Waals surface area contributed by atoms with Crippen molar-refractivity contribution in [1.82, 2.24) is 9.80 Å². The van der Waals surface area contributed by atoms with E-state index in [4.69, 9.17) is 28.9 Å². The van der Waals surface area contributed by atoms with Gasteiger partial charge in [0.05, 0.1) is 22.5 Å². The number of piperidine rings is 1. The van der Waals surface area contributed by atoms with Gasteiger partial charge in [0.15, 0.2) is 0 Å². The van der Waals surface area contributed by atoms with Crippen molar-refractivity contribution in [3.05, 3.63) is 33.8 Å². The summed E-state index contributed by atoms with van der Waals surface area (Å²) in [7, 11) is 0. The van der Waals surface area contributed by atoms with Gasteiger partial charge in [-0.3, -0.25) is 4.79 Å². The lowest BCUT2D eigenvalue weighted by molar-refractivity contribution is -0.135. The monoisotopic (exact) mass is 369 g/mol. The fraction of sp³-hybridized carbons (Fsp3) is 0.611. The fourth-order valence-corrected chi connectivity index (χ4v) is 4.11. The fourth-order valence-electron chi connectivity index (χ4n) is 3.79. The number of likely N-dealkylation sites (tertiary alicyclic amines) is 2. The molecule has 2 atom stereocenters. The number of carbonyl (C=O) groups is 1. The van der Waals surface area contributed by atoms with Crippen molar-refractivity contribution < 1.29 is 4.79 Å². The smallest absolute Gasteiger partial charge is 0.227 e. The lowest BCUT2D eigenvalue weighted by Gasteiger charge is -2.41. The minimum atomic E-state index is 0.0668. The third-order valence-corrected chi connectivity index (χ3v) is 5.87. The highest BCUT2D eigenvalue weighted by atomic mass is 35.5. The summed E-state index contributed by atoms with van der Waals surface area (Å²) >= 11 is 12.0. The molecular weight excluding hydrogens is 345 g/mol. The predicted octanol–water partition coefficient (Wildman–Crippen LogP) is 2.95. The molecule has 2 aliphatic heterocycles. The molecule has 4 nitrogen and oxygen atoms in total. The van der Waals surface area contributed by atoms with E-state index in [-0.39, 0.29) is 18.0 Å². The molecule has 2 N–H and O–H groups in total. The van der Waals surface area contributed by atoms with Crippen LogP contribution in [0.5, 0.6) is 0 Å². The summed E-state index contributed by atoms with van der Waals surface area (Å²) in [5, 5.41) is 1.01. The van der Waals surface area contributed by atoms with Gasteiger partial charge in [0.2, 0.25) is 5.91 Å². The standard InChI is InChI=1S/C18H25Cl2N3O/c19-14-6-5-13(10-15(14)20)11-18(24)23-9-3-4-16(21)17(23)12-22-7-1-2-8-22/h5-6,10,16-17H,1-4,7-9,11-12,21H2/t16-,17+/m1/s1. The summed E-state index contributed by atoms with van der Waals surface area (Å²) in [6, 6.07) is 5.58. The molecule has 132 valence electrons. The van der Waals surface area contributed by atoms with Crippen molar-refractivity contribution in [2.75, 3.05) is 26.2 Å². The molecule has 0 bridgehead atoms. The maximum atomic E-state index is 12.9. The van der Waals surface area contributed by atoms with E-state index in [2.05, 4.69) is 4.90 Å². The van der Waals surface area contributed by atoms with Crippen molar-refractivity contribution in [3.63, 3.8) is 0 Å². The summed E-state index contributed by atoms with van der Waals surface area (Å²) < 4.78 is 0. The van der Waals surface area contributed by atoms with Crippen molar-refractivity contribution in [2.45, 2.75) is 44.2 Å². The molecule has 2 aliphatic rings. The zero-order valence-electron chi connectivity index (χ0n) is 13.9. The lowest BCUT2D eigenvalue weighted by Crippen LogP contribution is -2.58. The van der Waals surface area contributed by atoms with Crippen LogP contribution in [0.25, 0.3) is 0 Å². The topological polar surface area (TPSA) is 49.6 Å². The Bertz CT molecular complexity index is 590. The third-order valence-electron chi connectivity index (χ3n) is 5.13. The van der Waals surface area contributed by atoms with E-state index in [0.717, 1.165) is 44.6 Å². The van der Waals surface area contributed by atoms with E-state index in [9.17, 15) is 4.79 Å². The van der Waals surface area contributed by atoms with Crippen LogP contribution in [0.1, 0.15) is 31.2 Å². The van der Waals surface area contributed by atoms with Crippen molar-refractivity contribution in [2.24, 2.45) is 5.73 Å². The van der Waals surface area contributed by atoms with Crippen LogP contribution >= 0.6 is 23.2 Å². The van der Waals surface area contributed by atoms with E-state index >= 15 is 0 Å². The van der Waals surface area contributed by atoms with E-state index in [0.29, 0.717) is 16.5 Å². The van der Waals surface area contributed by atoms with Crippen molar-refractivity contribution in [1.29, 1.82) is 0 Å². The van der Waals surface area contributed by atoms with Gasteiger partial charge in [-0.1, -0.05) is 29.3 Å². The van der Waals surface area contributed by atoms with Gasteiger partial charge >= 0.3 is 0 Å². The number of rotatable bonds is 4. The van der Waals surface area contributed by atoms with Crippen LogP contribution in [0.4, 0.5) is 0 Å². The van der Waals surface area contributed by atoms with Crippen LogP contribution in [0.2, 0.25) is 10.0 Å². The minimum absolute atomic E-state index is 0.0668. The molecule has 0 aliphatic carbocycles. The number of halogens is 2. The molecule has 1 aromatic rings. The molecule has 2 saturated heterocycles. The summed E-state index contributed by atoms with van der Waals surface area (Å²) in [5.41, 5.74) is 7.26. The highest BCUT2D eigenvalue weighted by molar-refractivity contribution is 6.42. The van der Waals surface area contributed by atoms with Crippen LogP contribution < -0.4 is 5.73 Å². The average molecular weight is 370 g/mol. The molecule has 2 heterocycles. The molecule has 0 radical (unpaired) electrons. The zero-order chi connectivity index (χ0) is 17.1. The molecular formula is C18H25Cl2N3O. The summed E-state index contributed by atoms with van der Waals surface area (Å²) in [6.07, 6.45) is 4.82. The number of hydrogen-bond donors (Lipinski definition) is 1. The minimum Gasteiger partial charge on any atom is -0.337 e. The second kappa shape index (κ2) is 8.05. The van der Waals surface area contributed by atoms with Gasteiger partial charge in [-0.15, -0.1) is 0 Å². The Morgan fingerprint density at radius 2 is 1.88 bits per heavy atom. The number of nitrogens with zero attached hydrogens (tertiary/aromatic N) is 2. The first-order valence-electron chi connectivity index (χ1n) is 8.76. The van der Waals surface area contributed by atoms with Gasteiger partial charge in [0, 0.05) is 19.1 Å². The number of benzene rings is 1. The van der Waals surface area contributed by atoms with Crippen LogP contribution in [-0.4, -0.2) is 54.0 Å². The van der Waals surface area contributed by atoms with Crippen molar-refractivity contribution >= 4 is 29.1 Å². The molecule has 2 fully saturated rings. The zero-order valence-corrected chi connectivity index (χ0v) is 15.4. The molecule has 1 amide bonds. The number of amides is 1. The Kier molecular flexibility index (Phi) is 6.03. The van der Waals surface area contributed by atoms with Gasteiger partial charge in [-0.05, 0) is 56.5 Å². The van der Waals surface area contributed by atoms with Crippen LogP contribution in [-0.2, 0) is 11.2 Å². The summed E-state index contributed by atoms with van der Waals surface area (Å²) in [6.45, 7) is 3.94. The molecule has 0 saturated carbocycles. The second-order valence-electron chi connectivity index (χ2n) is 6.89. The first kappa shape index (κ1) is 18.0. The molecule has 24 heavy (non-hydrogen) atoms. The normalized spacial score (nSPS) is 25.2. The second-order valence-corrected chi connectivity index (χ2v) is 7.71. The quantitative estimate of drug-likeness (QED) is 0.887. The highest BCUT2D eigenvalue weighted by Gasteiger charge is 2.33. The lowest BCUT2D eigenvalue weighted by atomic mass is 9.95. The van der Waals surface area contributed by atoms with E-state index in [1.807, 2.05) is 11.0 Å². The van der Waals surface area contributed by atoms with Crippen LogP contribution in [0, 0.1) is 0 Å². The maximum absolute atomic E-state index is 12.9. The maximum Gasteiger partial charge on any atom is 0.227 e. The Morgan fingerprint density at radius 1 is 1.12 bits per heavy atom. The van der Waals surface area contributed by atoms with Crippen molar-refractivity contribution in [3.8, 4) is 0 Å². The average Bonchev–Trinajstić information content (AvgIpc) is 3.06. The number of nitrogens with two attached hydrogens (primary N) is 1. The SMILES string of the molecule is N[C@@H]1CCCN(C(=O)Cc2ccc(Cl)c(Cl)c2)[C@H]1CN1CCCC1. The van der Waals surface area contributed by atoms with E-state index in [1.54, 1.807) is 12.1 Å². The predicted molar refractivity (Wildman–Crippen MR) is 98.6 cm³/mol. The molecule has 0 unspecified atom stereocenters. The molecule has 0 aromatic heterocycles. The first-order valence-corrected chi connectivity index (χ1v) is 9.51. The molecule has 1 aromatic carbocycles. The number of hydrogen-bond acceptors (Lipinski definition) is 3. The molecule has 0 spiro atoms. The number of carbonyl (C=O) groups excluding carboxylic acids is 1. The van der Waals surface area contributed by atoms with E-state index < -0.39 is 0 Å². The Balaban J connectivity index is 1.68. The van der Waals surface area contributed by atoms with E-state index in [1.165, 1.54) is 12.8 Å². The van der Waals surface area contributed by atoms with Crippen LogP contribution in [0.3, 0.4) is 0 Å². The summed E-state index contributed by atoms with van der Waals surface area (Å²) in [4.78, 5) is 17.3. The van der Waals surface area contributed by atoms with Gasteiger partial charge in [-0.25, -0.2) is 0 Å². The third kappa shape index (κ3) is 4.23. The molecule has 3 rings (SSSR count). The summed E-state index contributed by atoms with van der Waals surface area (Å²) in [5.74, 6) is 0.132. The van der Waals surface area contributed by atoms with Gasteiger partial charge < -0.3 is 15.5 Å². The highest BCUT2D eigenvalue weighted by Crippen LogP contribution is 2.24. The Labute approximate surface area is 153 Å². The Morgan fingerprint density at radius 3 is 2.58 bits per heavy atom. The first-order chi connectivity index (χ1) is 11.5. The Hall–Kier alpha value is -0.810. The van der Waals surface area contributed by atoms with Gasteiger partial charge in [0.25, 0.3) is 0 Å². The molecule has 6 heteroatoms. The van der Waals surface area contributed by atoms with Gasteiger partial charge in [0.1, 0.15) is 0 Å². The largest absolute Gasteiger partial charge is 0.337 e.